The number of unbranched alkanes of at least 4 members (excludes halogenated alkanes) is 8. The molecule has 0 fully saturated rings. The van der Waals surface area contributed by atoms with E-state index in [1.165, 1.54) is 51.4 Å². The van der Waals surface area contributed by atoms with E-state index in [0.717, 1.165) is 25.7 Å². The Kier molecular flexibility index (Phi) is 33.8. The Balaban J connectivity index is -0.000000490. The van der Waals surface area contributed by atoms with Crippen LogP contribution in [0, 0.1) is 0 Å². The topological polar surface area (TPSA) is 36.9 Å². The van der Waals surface area contributed by atoms with Crippen molar-refractivity contribution in [2.45, 2.75) is 105 Å². The van der Waals surface area contributed by atoms with E-state index in [1.807, 2.05) is 0 Å². The van der Waals surface area contributed by atoms with E-state index in [9.17, 15) is 0 Å². The zero-order chi connectivity index (χ0) is 23.1. The minimum atomic E-state index is -2.36. The van der Waals surface area contributed by atoms with Gasteiger partial charge in [0.15, 0.2) is 0 Å². The number of hydrogen-bond donors (Lipinski definition) is 0. The molecule has 0 atom stereocenters. The minimum absolute atomic E-state index is 0. The molecule has 0 bridgehead atoms. The Hall–Kier alpha value is 2.76. The monoisotopic (exact) mass is 652 g/mol. The molecule has 184 valence electrons. The van der Waals surface area contributed by atoms with Gasteiger partial charge in [-0.15, -0.1) is 0 Å². The Morgan fingerprint density at radius 3 is 0.839 bits per heavy atom. The van der Waals surface area contributed by atoms with Gasteiger partial charge in [0.2, 0.25) is 0 Å². The van der Waals surface area contributed by atoms with Gasteiger partial charge in [-0.2, -0.15) is 0 Å². The fourth-order valence-corrected chi connectivity index (χ4v) is 5.54. The maximum Gasteiger partial charge on any atom is 2.00 e. The van der Waals surface area contributed by atoms with Crippen molar-refractivity contribution in [2.24, 2.45) is 0 Å². The van der Waals surface area contributed by atoms with Crippen molar-refractivity contribution in [3.05, 3.63) is 0 Å². The summed E-state index contributed by atoms with van der Waals surface area (Å²) in [7, 11) is 0. The van der Waals surface area contributed by atoms with Gasteiger partial charge >= 0.3 is 27.3 Å². The van der Waals surface area contributed by atoms with Crippen LogP contribution in [-0.2, 0) is 93.5 Å². The van der Waals surface area contributed by atoms with Crippen LogP contribution in [-0.4, -0.2) is 26.4 Å². The maximum absolute atomic E-state index is 5.43. The molecule has 11 heteroatoms. The molecular weight excluding hydrogens is 607 g/mol. The van der Waals surface area contributed by atoms with Crippen LogP contribution in [0.3, 0.4) is 0 Å². The molecule has 31 heavy (non-hydrogen) atoms. The summed E-state index contributed by atoms with van der Waals surface area (Å²) in [5.74, 6) is 0. The first kappa shape index (κ1) is 38.3. The van der Waals surface area contributed by atoms with Crippen LogP contribution < -0.4 is 0 Å². The summed E-state index contributed by atoms with van der Waals surface area (Å²) in [5.41, 5.74) is -4.71. The van der Waals surface area contributed by atoms with Crippen molar-refractivity contribution in [1.82, 2.24) is 0 Å². The molecular formula is C20H44CdO4P2S4. The third-order valence-electron chi connectivity index (χ3n) is 3.99. The quantitative estimate of drug-likeness (QED) is 0.0564. The van der Waals surface area contributed by atoms with Gasteiger partial charge in [0.25, 0.3) is 0 Å². The average molecular weight is 651 g/mol. The van der Waals surface area contributed by atoms with E-state index in [0.29, 0.717) is 26.4 Å². The maximum atomic E-state index is 5.43. The summed E-state index contributed by atoms with van der Waals surface area (Å²) in [5, 5.41) is 0. The van der Waals surface area contributed by atoms with Gasteiger partial charge in [-0.3, -0.25) is 0 Å². The molecule has 0 N–H and O–H groups in total. The van der Waals surface area contributed by atoms with E-state index in [-0.39, 0.29) is 27.3 Å². The molecule has 0 radical (unpaired) electrons. The third kappa shape index (κ3) is 32.8. The van der Waals surface area contributed by atoms with E-state index < -0.39 is 11.4 Å². The van der Waals surface area contributed by atoms with Crippen LogP contribution >= 0.6 is 11.4 Å². The number of rotatable bonds is 20. The van der Waals surface area contributed by atoms with Gasteiger partial charge in [0.05, 0.1) is 37.8 Å². The van der Waals surface area contributed by atoms with Crippen molar-refractivity contribution < 1.29 is 45.4 Å². The normalized spacial score (nSPS) is 11.5. The van der Waals surface area contributed by atoms with Crippen LogP contribution in [0.25, 0.3) is 0 Å². The molecule has 0 aliphatic rings. The first-order chi connectivity index (χ1) is 14.2. The second-order valence-electron chi connectivity index (χ2n) is 7.06. The summed E-state index contributed by atoms with van der Waals surface area (Å²) in [6, 6.07) is 0. The predicted molar refractivity (Wildman–Crippen MR) is 145 cm³/mol. The molecule has 4 nitrogen and oxygen atoms in total. The molecule has 0 heterocycles. The molecule has 0 rings (SSSR count). The second kappa shape index (κ2) is 27.4. The van der Waals surface area contributed by atoms with E-state index >= 15 is 0 Å². The fraction of sp³-hybridized carbons (Fsp3) is 1.00. The summed E-state index contributed by atoms with van der Waals surface area (Å²) >= 11 is 20.5. The van der Waals surface area contributed by atoms with E-state index in [4.69, 9.17) is 66.2 Å². The SMILES string of the molecule is CCCCCOP(=S)([S-])OCCCCC.CCCCCOP(=S)([S-])OCCCCC.[Cd+2]. The van der Waals surface area contributed by atoms with Crippen molar-refractivity contribution in [3.8, 4) is 0 Å². The average Bonchev–Trinajstić information content (AvgIpc) is 2.70. The van der Waals surface area contributed by atoms with Gasteiger partial charge in [0.1, 0.15) is 0 Å². The standard InChI is InChI=1S/2C10H23O2PS2.Cd/c2*1-3-5-7-9-11-13(14,15)12-10-8-6-4-2;/h2*3-10H2,1-2H3,(H,14,15);/q;;+2/p-2. The van der Waals surface area contributed by atoms with Gasteiger partial charge in [0, 0.05) is 0 Å². The molecule has 0 unspecified atom stereocenters. The van der Waals surface area contributed by atoms with Crippen molar-refractivity contribution in [1.29, 1.82) is 0 Å². The van der Waals surface area contributed by atoms with Crippen molar-refractivity contribution in [2.75, 3.05) is 26.4 Å². The van der Waals surface area contributed by atoms with Crippen LogP contribution in [0.15, 0.2) is 0 Å². The van der Waals surface area contributed by atoms with Crippen LogP contribution in [0.2, 0.25) is 0 Å². The summed E-state index contributed by atoms with van der Waals surface area (Å²) in [6.07, 6.45) is 13.5. The molecule has 0 spiro atoms. The van der Waals surface area contributed by atoms with Gasteiger partial charge < -0.3 is 42.6 Å². The first-order valence-corrected chi connectivity index (χ1v) is 18.7. The first-order valence-electron chi connectivity index (χ1n) is 11.4. The second-order valence-corrected chi connectivity index (χ2v) is 17.0. The summed E-state index contributed by atoms with van der Waals surface area (Å²) in [4.78, 5) is 0. The van der Waals surface area contributed by atoms with Gasteiger partial charge in [-0.25, -0.2) is 0 Å². The third-order valence-corrected chi connectivity index (χ3v) is 8.51. The van der Waals surface area contributed by atoms with E-state index in [1.54, 1.807) is 0 Å². The zero-order valence-corrected chi connectivity index (χ0v) is 29.3. The zero-order valence-electron chi connectivity index (χ0n) is 20.2. The van der Waals surface area contributed by atoms with Crippen LogP contribution in [0.5, 0.6) is 0 Å². The molecule has 0 aromatic rings. The fourth-order valence-electron chi connectivity index (χ4n) is 2.19. The Bertz CT molecular complexity index is 391. The number of hydrogen-bond acceptors (Lipinski definition) is 8. The molecule has 0 aromatic heterocycles. The van der Waals surface area contributed by atoms with Crippen LogP contribution in [0.4, 0.5) is 0 Å². The molecule has 0 saturated heterocycles. The predicted octanol–water partition coefficient (Wildman–Crippen LogP) is 8.34. The molecule has 0 aliphatic carbocycles. The summed E-state index contributed by atoms with van der Waals surface area (Å²) < 4.78 is 21.7. The summed E-state index contributed by atoms with van der Waals surface area (Å²) in [6.45, 7) is 11.3. The Morgan fingerprint density at radius 1 is 0.484 bits per heavy atom. The largest absolute Gasteiger partial charge is 2.00 e. The van der Waals surface area contributed by atoms with E-state index in [2.05, 4.69) is 27.7 Å². The minimum Gasteiger partial charge on any atom is -0.691 e. The van der Waals surface area contributed by atoms with Gasteiger partial charge in [-0.05, 0) is 25.7 Å². The smallest absolute Gasteiger partial charge is 0.691 e. The molecule has 0 amide bonds. The molecule has 0 saturated carbocycles. The Labute approximate surface area is 234 Å². The van der Waals surface area contributed by atoms with Crippen molar-refractivity contribution >= 4 is 59.5 Å². The molecule has 0 aromatic carbocycles. The Morgan fingerprint density at radius 2 is 0.677 bits per heavy atom. The van der Waals surface area contributed by atoms with Crippen molar-refractivity contribution in [3.63, 3.8) is 0 Å². The van der Waals surface area contributed by atoms with Gasteiger partial charge in [-0.1, -0.05) is 103 Å². The van der Waals surface area contributed by atoms with Crippen LogP contribution in [0.1, 0.15) is 105 Å². The molecule has 0 aliphatic heterocycles.